The molecule has 162 valence electrons. The number of anilines is 1. The van der Waals surface area contributed by atoms with Crippen LogP contribution in [0.15, 0.2) is 54.6 Å². The summed E-state index contributed by atoms with van der Waals surface area (Å²) in [6.07, 6.45) is 0.848. The topological polar surface area (TPSA) is 77.7 Å². The van der Waals surface area contributed by atoms with E-state index in [-0.39, 0.29) is 0 Å². The fourth-order valence-corrected chi connectivity index (χ4v) is 5.15. The van der Waals surface area contributed by atoms with Crippen molar-refractivity contribution in [3.8, 4) is 22.6 Å². The number of hydrogen-bond acceptors (Lipinski definition) is 7. The van der Waals surface area contributed by atoms with Crippen molar-refractivity contribution in [2.24, 2.45) is 0 Å². The van der Waals surface area contributed by atoms with E-state index in [1.807, 2.05) is 42.5 Å². The molecule has 2 N–H and O–H groups in total. The van der Waals surface area contributed by atoms with Crippen LogP contribution in [0.25, 0.3) is 21.3 Å². The average Bonchev–Trinajstić information content (AvgIpc) is 3.14. The van der Waals surface area contributed by atoms with Crippen molar-refractivity contribution in [2.75, 3.05) is 26.4 Å². The molecule has 0 radical (unpaired) electrons. The van der Waals surface area contributed by atoms with Crippen LogP contribution in [0.1, 0.15) is 20.9 Å². The number of aromatic nitrogens is 1. The highest BCUT2D eigenvalue weighted by Crippen LogP contribution is 2.44. The summed E-state index contributed by atoms with van der Waals surface area (Å²) < 4.78 is 11.0. The number of benzene rings is 2. The summed E-state index contributed by atoms with van der Waals surface area (Å²) in [5.41, 5.74) is 11.2. The van der Waals surface area contributed by atoms with Crippen LogP contribution >= 0.6 is 11.3 Å². The largest absolute Gasteiger partial charge is 0.497 e. The molecule has 1 aliphatic heterocycles. The summed E-state index contributed by atoms with van der Waals surface area (Å²) in [6.45, 7) is 1.71. The quantitative estimate of drug-likeness (QED) is 0.360. The van der Waals surface area contributed by atoms with Gasteiger partial charge >= 0.3 is 5.97 Å². The maximum absolute atomic E-state index is 13.0. The Bertz CT molecular complexity index is 1320. The monoisotopic (exact) mass is 445 g/mol. The Morgan fingerprint density at radius 1 is 1.12 bits per heavy atom. The number of methoxy groups -OCH3 is 1. The van der Waals surface area contributed by atoms with Crippen LogP contribution < -0.4 is 15.2 Å². The molecule has 5 rings (SSSR count). The molecule has 4 aromatic rings. The maximum atomic E-state index is 13.0. The molecule has 32 heavy (non-hydrogen) atoms. The number of esters is 1. The lowest BCUT2D eigenvalue weighted by molar-refractivity contribution is 0.0741. The summed E-state index contributed by atoms with van der Waals surface area (Å²) >= 11 is 1.29. The zero-order valence-electron chi connectivity index (χ0n) is 17.9. The number of ether oxygens (including phenoxy) is 2. The Hall–Kier alpha value is -3.42. The molecule has 0 unspecified atom stereocenters. The number of hydrogen-bond donors (Lipinski definition) is 1. The molecule has 0 amide bonds. The minimum Gasteiger partial charge on any atom is -0.497 e. The molecule has 0 spiro atoms. The highest BCUT2D eigenvalue weighted by molar-refractivity contribution is 7.21. The van der Waals surface area contributed by atoms with Crippen LogP contribution in [0.5, 0.6) is 11.5 Å². The molecule has 1 aliphatic rings. The fraction of sp³-hybridized carbons (Fsp3) is 0.200. The molecule has 0 saturated heterocycles. The second-order valence-corrected chi connectivity index (χ2v) is 8.86. The Kier molecular flexibility index (Phi) is 5.28. The van der Waals surface area contributed by atoms with Crippen molar-refractivity contribution in [3.63, 3.8) is 0 Å². The Morgan fingerprint density at radius 2 is 1.91 bits per heavy atom. The number of fused-ring (bicyclic) bond motifs is 2. The van der Waals surface area contributed by atoms with E-state index >= 15 is 0 Å². The first-order valence-electron chi connectivity index (χ1n) is 10.4. The van der Waals surface area contributed by atoms with Crippen molar-refractivity contribution in [1.29, 1.82) is 0 Å². The number of carbonyl (C=O) groups excluding carboxylic acids is 1. The molecule has 2 aromatic heterocycles. The minimum atomic E-state index is -0.469. The number of para-hydroxylation sites is 1. The van der Waals surface area contributed by atoms with Crippen molar-refractivity contribution < 1.29 is 14.3 Å². The summed E-state index contributed by atoms with van der Waals surface area (Å²) in [6, 6.07) is 16.9. The lowest BCUT2D eigenvalue weighted by Crippen LogP contribution is -2.27. The van der Waals surface area contributed by atoms with Gasteiger partial charge in [0, 0.05) is 36.2 Å². The molecular weight excluding hydrogens is 422 g/mol. The maximum Gasteiger partial charge on any atom is 0.355 e. The van der Waals surface area contributed by atoms with Gasteiger partial charge in [-0.1, -0.05) is 30.3 Å². The van der Waals surface area contributed by atoms with Gasteiger partial charge in [-0.05, 0) is 42.4 Å². The molecule has 0 aliphatic carbocycles. The van der Waals surface area contributed by atoms with Gasteiger partial charge < -0.3 is 20.1 Å². The van der Waals surface area contributed by atoms with Gasteiger partial charge in [0.2, 0.25) is 0 Å². The van der Waals surface area contributed by atoms with Gasteiger partial charge in [0.05, 0.1) is 12.8 Å². The van der Waals surface area contributed by atoms with E-state index in [2.05, 4.69) is 11.9 Å². The second kappa shape index (κ2) is 8.26. The minimum absolute atomic E-state index is 0.371. The van der Waals surface area contributed by atoms with Crippen LogP contribution in [-0.4, -0.2) is 36.6 Å². The number of thiophene rings is 1. The number of nitrogens with zero attached hydrogens (tertiary/aromatic N) is 2. The molecule has 0 atom stereocenters. The molecule has 0 fully saturated rings. The van der Waals surface area contributed by atoms with E-state index in [1.165, 1.54) is 11.3 Å². The van der Waals surface area contributed by atoms with Crippen LogP contribution in [0.4, 0.5) is 5.69 Å². The average molecular weight is 446 g/mol. The molecule has 7 heteroatoms. The second-order valence-electron chi connectivity index (χ2n) is 7.86. The van der Waals surface area contributed by atoms with Crippen LogP contribution in [0.3, 0.4) is 0 Å². The highest BCUT2D eigenvalue weighted by atomic mass is 32.1. The van der Waals surface area contributed by atoms with Crippen molar-refractivity contribution >= 4 is 33.2 Å². The van der Waals surface area contributed by atoms with Gasteiger partial charge in [0.15, 0.2) is 0 Å². The predicted octanol–water partition coefficient (Wildman–Crippen LogP) is 4.76. The number of carbonyl (C=O) groups is 1. The first kappa shape index (κ1) is 20.5. The number of rotatable bonds is 4. The third-order valence-corrected chi connectivity index (χ3v) is 6.80. The predicted molar refractivity (Wildman–Crippen MR) is 127 cm³/mol. The first-order chi connectivity index (χ1) is 15.5. The third-order valence-electron chi connectivity index (χ3n) is 5.72. The summed E-state index contributed by atoms with van der Waals surface area (Å²) in [7, 11) is 3.75. The lowest BCUT2D eigenvalue weighted by Gasteiger charge is -2.27. The molecule has 3 heterocycles. The summed E-state index contributed by atoms with van der Waals surface area (Å²) in [5.74, 6) is 0.780. The van der Waals surface area contributed by atoms with Gasteiger partial charge in [-0.25, -0.2) is 9.78 Å². The summed E-state index contributed by atoms with van der Waals surface area (Å²) in [5, 5.41) is 0.803. The van der Waals surface area contributed by atoms with E-state index in [9.17, 15) is 4.79 Å². The zero-order chi connectivity index (χ0) is 22.2. The first-order valence-corrected chi connectivity index (χ1v) is 11.2. The van der Waals surface area contributed by atoms with Crippen molar-refractivity contribution in [2.45, 2.75) is 13.0 Å². The Morgan fingerprint density at radius 3 is 2.69 bits per heavy atom. The number of nitrogen functional groups attached to an aromatic ring is 1. The van der Waals surface area contributed by atoms with Gasteiger partial charge in [-0.3, -0.25) is 0 Å². The van der Waals surface area contributed by atoms with Crippen LogP contribution in [-0.2, 0) is 13.0 Å². The molecule has 6 nitrogen and oxygen atoms in total. The van der Waals surface area contributed by atoms with Crippen molar-refractivity contribution in [1.82, 2.24) is 9.88 Å². The standard InChI is InChI=1S/C25H23N3O3S/c1-28-12-11-19-18(14-28)20(15-7-6-10-17(13-15)30-2)21-22(26)23(32-24(21)27-19)25(29)31-16-8-4-3-5-9-16/h3-10,13H,11-12,14,26H2,1-2H3. The van der Waals surface area contributed by atoms with Gasteiger partial charge in [-0.15, -0.1) is 11.3 Å². The van der Waals surface area contributed by atoms with E-state index in [0.29, 0.717) is 16.3 Å². The SMILES string of the molecule is COc1cccc(-c2c3c(nc4sc(C(=O)Oc5ccccc5)c(N)c24)CCN(C)C3)c1. The Labute approximate surface area is 190 Å². The van der Waals surface area contributed by atoms with E-state index in [1.54, 1.807) is 19.2 Å². The Balaban J connectivity index is 1.71. The third kappa shape index (κ3) is 3.59. The smallest absolute Gasteiger partial charge is 0.355 e. The normalized spacial score (nSPS) is 13.7. The van der Waals surface area contributed by atoms with E-state index < -0.39 is 5.97 Å². The van der Waals surface area contributed by atoms with Gasteiger partial charge in [0.25, 0.3) is 0 Å². The molecular formula is C25H23N3O3S. The van der Waals surface area contributed by atoms with Crippen LogP contribution in [0, 0.1) is 0 Å². The van der Waals surface area contributed by atoms with E-state index in [4.69, 9.17) is 20.2 Å². The summed E-state index contributed by atoms with van der Waals surface area (Å²) in [4.78, 5) is 21.3. The lowest BCUT2D eigenvalue weighted by atomic mass is 9.92. The highest BCUT2D eigenvalue weighted by Gasteiger charge is 2.27. The van der Waals surface area contributed by atoms with Crippen molar-refractivity contribution in [3.05, 3.63) is 70.7 Å². The van der Waals surface area contributed by atoms with Gasteiger partial charge in [0.1, 0.15) is 21.2 Å². The van der Waals surface area contributed by atoms with E-state index in [0.717, 1.165) is 57.9 Å². The van der Waals surface area contributed by atoms with Crippen LogP contribution in [0.2, 0.25) is 0 Å². The zero-order valence-corrected chi connectivity index (χ0v) is 18.7. The molecule has 2 aromatic carbocycles. The number of pyridine rings is 1. The molecule has 0 bridgehead atoms. The fourth-order valence-electron chi connectivity index (χ4n) is 4.15. The number of nitrogens with two attached hydrogens (primary N) is 1. The number of likely N-dealkylation sites (N-methyl/N-ethyl adjacent to an activating group) is 1. The molecule has 0 saturated carbocycles. The van der Waals surface area contributed by atoms with Gasteiger partial charge in [-0.2, -0.15) is 0 Å².